The minimum atomic E-state index is -4.95. The van der Waals surface area contributed by atoms with Crippen molar-refractivity contribution in [3.63, 3.8) is 0 Å². The summed E-state index contributed by atoms with van der Waals surface area (Å²) < 4.78 is 56.7. The molecule has 0 bridgehead atoms. The van der Waals surface area contributed by atoms with Crippen molar-refractivity contribution in [3.8, 4) is 5.88 Å². The van der Waals surface area contributed by atoms with Crippen LogP contribution in [0.5, 0.6) is 5.88 Å². The predicted molar refractivity (Wildman–Crippen MR) is 59.8 cm³/mol. The van der Waals surface area contributed by atoms with Crippen LogP contribution in [0.25, 0.3) is 0 Å². The fourth-order valence-electron chi connectivity index (χ4n) is 1.07. The number of esters is 1. The summed E-state index contributed by atoms with van der Waals surface area (Å²) in [7, 11) is 1.01. The molecule has 0 spiro atoms. The van der Waals surface area contributed by atoms with Crippen LogP contribution in [0.4, 0.5) is 17.6 Å². The first-order chi connectivity index (χ1) is 8.28. The van der Waals surface area contributed by atoms with Crippen LogP contribution >= 0.6 is 22.6 Å². The molecule has 0 atom stereocenters. The summed E-state index contributed by atoms with van der Waals surface area (Å²) in [5, 5.41) is 0. The highest BCUT2D eigenvalue weighted by atomic mass is 127. The summed E-state index contributed by atoms with van der Waals surface area (Å²) in [5.74, 6) is -1.85. The van der Waals surface area contributed by atoms with E-state index in [4.69, 9.17) is 0 Å². The quantitative estimate of drug-likeness (QED) is 0.461. The monoisotopic (exact) mass is 379 g/mol. The number of alkyl halides is 4. The van der Waals surface area contributed by atoms with Gasteiger partial charge in [0.1, 0.15) is 6.67 Å². The molecular weight excluding hydrogens is 373 g/mol. The van der Waals surface area contributed by atoms with Crippen molar-refractivity contribution in [2.24, 2.45) is 0 Å². The largest absolute Gasteiger partial charge is 0.574 e. The second-order valence-corrected chi connectivity index (χ2v) is 4.12. The van der Waals surface area contributed by atoms with E-state index in [1.165, 1.54) is 22.6 Å². The van der Waals surface area contributed by atoms with Gasteiger partial charge in [-0.05, 0) is 28.7 Å². The molecule has 0 N–H and O–H groups in total. The SMILES string of the molecule is COC(=O)c1nc(OC(F)(F)F)c(I)cc1CF. The maximum absolute atomic E-state index is 12.6. The first-order valence-electron chi connectivity index (χ1n) is 4.38. The van der Waals surface area contributed by atoms with Crippen molar-refractivity contribution in [3.05, 3.63) is 20.9 Å². The summed E-state index contributed by atoms with van der Waals surface area (Å²) in [6.07, 6.45) is -4.95. The fourth-order valence-corrected chi connectivity index (χ4v) is 1.67. The number of pyridine rings is 1. The number of nitrogens with zero attached hydrogens (tertiary/aromatic N) is 1. The summed E-state index contributed by atoms with van der Waals surface area (Å²) >= 11 is 1.50. The van der Waals surface area contributed by atoms with Gasteiger partial charge in [0.2, 0.25) is 5.88 Å². The Morgan fingerprint density at radius 1 is 1.50 bits per heavy atom. The van der Waals surface area contributed by atoms with Crippen molar-refractivity contribution >= 4 is 28.6 Å². The Morgan fingerprint density at radius 3 is 2.56 bits per heavy atom. The minimum Gasteiger partial charge on any atom is -0.464 e. The van der Waals surface area contributed by atoms with Crippen molar-refractivity contribution in [1.29, 1.82) is 0 Å². The van der Waals surface area contributed by atoms with Gasteiger partial charge in [-0.2, -0.15) is 0 Å². The molecule has 0 aliphatic carbocycles. The van der Waals surface area contributed by atoms with Crippen LogP contribution in [-0.2, 0) is 11.4 Å². The molecule has 0 saturated carbocycles. The number of hydrogen-bond acceptors (Lipinski definition) is 4. The number of ether oxygens (including phenoxy) is 2. The van der Waals surface area contributed by atoms with Gasteiger partial charge in [0.25, 0.3) is 0 Å². The number of carbonyl (C=O) groups is 1. The molecule has 100 valence electrons. The van der Waals surface area contributed by atoms with E-state index in [0.29, 0.717) is 0 Å². The topological polar surface area (TPSA) is 48.4 Å². The molecule has 0 fully saturated rings. The number of hydrogen-bond donors (Lipinski definition) is 0. The highest BCUT2D eigenvalue weighted by Gasteiger charge is 2.33. The summed E-state index contributed by atoms with van der Waals surface area (Å²) in [5.41, 5.74) is -0.708. The van der Waals surface area contributed by atoms with Gasteiger partial charge in [0.05, 0.1) is 10.7 Å². The Balaban J connectivity index is 3.25. The van der Waals surface area contributed by atoms with Gasteiger partial charge in [-0.15, -0.1) is 13.2 Å². The molecule has 0 saturated heterocycles. The third-order valence-corrected chi connectivity index (χ3v) is 2.53. The molecule has 0 aliphatic rings. The fraction of sp³-hybridized carbons (Fsp3) is 0.333. The van der Waals surface area contributed by atoms with E-state index in [2.05, 4.69) is 14.5 Å². The predicted octanol–water partition coefficient (Wildman–Crippen LogP) is 2.84. The number of aromatic nitrogens is 1. The zero-order chi connectivity index (χ0) is 13.9. The number of halogens is 5. The summed E-state index contributed by atoms with van der Waals surface area (Å²) in [4.78, 5) is 14.6. The third kappa shape index (κ3) is 3.68. The van der Waals surface area contributed by atoms with E-state index in [-0.39, 0.29) is 9.13 Å². The molecule has 9 heteroatoms. The van der Waals surface area contributed by atoms with Crippen LogP contribution in [0.15, 0.2) is 6.07 Å². The Hall–Kier alpha value is -1.13. The van der Waals surface area contributed by atoms with E-state index in [1.807, 2.05) is 0 Å². The Morgan fingerprint density at radius 2 is 2.11 bits per heavy atom. The molecule has 0 aliphatic heterocycles. The average molecular weight is 379 g/mol. The van der Waals surface area contributed by atoms with E-state index in [0.717, 1.165) is 13.2 Å². The van der Waals surface area contributed by atoms with Gasteiger partial charge in [0.15, 0.2) is 5.69 Å². The third-order valence-electron chi connectivity index (χ3n) is 1.76. The van der Waals surface area contributed by atoms with Crippen LogP contribution in [0.1, 0.15) is 16.1 Å². The molecular formula is C9H6F4INO3. The molecule has 0 unspecified atom stereocenters. The van der Waals surface area contributed by atoms with E-state index in [1.54, 1.807) is 0 Å². The Labute approximate surface area is 112 Å². The lowest BCUT2D eigenvalue weighted by molar-refractivity contribution is -0.276. The molecule has 1 heterocycles. The lowest BCUT2D eigenvalue weighted by Gasteiger charge is -2.12. The molecule has 0 aromatic carbocycles. The standard InChI is InChI=1S/C9H6F4INO3/c1-17-8(16)6-4(3-10)2-5(14)7(15-6)18-9(11,12)13/h2H,3H2,1H3. The zero-order valence-corrected chi connectivity index (χ0v) is 11.0. The Bertz CT molecular complexity index is 464. The number of rotatable bonds is 3. The van der Waals surface area contributed by atoms with Crippen molar-refractivity contribution in [2.45, 2.75) is 13.0 Å². The van der Waals surface area contributed by atoms with Gasteiger partial charge in [-0.25, -0.2) is 14.2 Å². The lowest BCUT2D eigenvalue weighted by atomic mass is 10.2. The first kappa shape index (κ1) is 14.9. The van der Waals surface area contributed by atoms with E-state index in [9.17, 15) is 22.4 Å². The van der Waals surface area contributed by atoms with Gasteiger partial charge < -0.3 is 9.47 Å². The molecule has 0 radical (unpaired) electrons. The van der Waals surface area contributed by atoms with Gasteiger partial charge in [0, 0.05) is 5.56 Å². The molecule has 1 rings (SSSR count). The van der Waals surface area contributed by atoms with Gasteiger partial charge >= 0.3 is 12.3 Å². The highest BCUT2D eigenvalue weighted by molar-refractivity contribution is 14.1. The molecule has 1 aromatic rings. The second-order valence-electron chi connectivity index (χ2n) is 2.96. The maximum Gasteiger partial charge on any atom is 0.574 e. The summed E-state index contributed by atoms with van der Waals surface area (Å²) in [6.45, 7) is -1.06. The van der Waals surface area contributed by atoms with Gasteiger partial charge in [-0.3, -0.25) is 0 Å². The Kier molecular flexibility index (Phi) is 4.71. The highest BCUT2D eigenvalue weighted by Crippen LogP contribution is 2.28. The second kappa shape index (κ2) is 5.67. The van der Waals surface area contributed by atoms with Gasteiger partial charge in [-0.1, -0.05) is 0 Å². The van der Waals surface area contributed by atoms with Crippen LogP contribution < -0.4 is 4.74 Å². The minimum absolute atomic E-state index is 0.0646. The zero-order valence-electron chi connectivity index (χ0n) is 8.85. The van der Waals surface area contributed by atoms with Crippen molar-refractivity contribution in [2.75, 3.05) is 7.11 Å². The number of carbonyl (C=O) groups excluding carboxylic acids is 1. The molecule has 4 nitrogen and oxygen atoms in total. The van der Waals surface area contributed by atoms with Crippen LogP contribution in [0.3, 0.4) is 0 Å². The van der Waals surface area contributed by atoms with Crippen LogP contribution in [-0.4, -0.2) is 24.4 Å². The lowest BCUT2D eigenvalue weighted by Crippen LogP contribution is -2.20. The normalized spacial score (nSPS) is 11.2. The molecule has 1 aromatic heterocycles. The number of methoxy groups -OCH3 is 1. The van der Waals surface area contributed by atoms with Crippen LogP contribution in [0, 0.1) is 3.57 Å². The summed E-state index contributed by atoms with van der Waals surface area (Å²) in [6, 6.07) is 1.04. The first-order valence-corrected chi connectivity index (χ1v) is 5.45. The van der Waals surface area contributed by atoms with E-state index < -0.39 is 30.6 Å². The molecule has 18 heavy (non-hydrogen) atoms. The molecule has 0 amide bonds. The van der Waals surface area contributed by atoms with Crippen molar-refractivity contribution in [1.82, 2.24) is 4.98 Å². The average Bonchev–Trinajstić information content (AvgIpc) is 2.28. The van der Waals surface area contributed by atoms with E-state index >= 15 is 0 Å². The smallest absolute Gasteiger partial charge is 0.464 e. The van der Waals surface area contributed by atoms with Crippen LogP contribution in [0.2, 0.25) is 0 Å². The maximum atomic E-state index is 12.6. The van der Waals surface area contributed by atoms with Crippen molar-refractivity contribution < 1.29 is 31.8 Å².